The minimum absolute atomic E-state index is 0.892. The first-order valence-corrected chi connectivity index (χ1v) is 6.07. The van der Waals surface area contributed by atoms with Gasteiger partial charge in [-0.3, -0.25) is 0 Å². The molecule has 16 heavy (non-hydrogen) atoms. The van der Waals surface area contributed by atoms with Gasteiger partial charge in [-0.1, -0.05) is 12.1 Å². The summed E-state index contributed by atoms with van der Waals surface area (Å²) in [5, 5.41) is 0. The summed E-state index contributed by atoms with van der Waals surface area (Å²) in [4.78, 5) is 4.27. The Labute approximate surface area is 109 Å². The summed E-state index contributed by atoms with van der Waals surface area (Å²) in [7, 11) is 3.70. The highest BCUT2D eigenvalue weighted by atomic mass is 127. The van der Waals surface area contributed by atoms with Gasteiger partial charge in [-0.25, -0.2) is 4.98 Å². The topological polar surface area (TPSA) is 27.1 Å². The van der Waals surface area contributed by atoms with Gasteiger partial charge in [-0.05, 0) is 40.3 Å². The lowest BCUT2D eigenvalue weighted by Crippen LogP contribution is -1.98. The van der Waals surface area contributed by atoms with Crippen LogP contribution in [-0.2, 0) is 13.5 Å². The molecule has 0 radical (unpaired) electrons. The van der Waals surface area contributed by atoms with E-state index in [0.29, 0.717) is 0 Å². The lowest BCUT2D eigenvalue weighted by Gasteiger charge is -2.05. The molecule has 0 amide bonds. The van der Waals surface area contributed by atoms with E-state index in [-0.39, 0.29) is 0 Å². The van der Waals surface area contributed by atoms with Crippen molar-refractivity contribution >= 4 is 22.6 Å². The second-order valence-electron chi connectivity index (χ2n) is 3.62. The lowest BCUT2D eigenvalue weighted by atomic mass is 10.1. The molecule has 1 heterocycles. The number of hydrogen-bond donors (Lipinski definition) is 0. The number of halogens is 1. The number of nitrogens with zero attached hydrogens (tertiary/aromatic N) is 2. The first-order chi connectivity index (χ1) is 7.70. The number of hydrogen-bond acceptors (Lipinski definition) is 2. The van der Waals surface area contributed by atoms with Gasteiger partial charge in [0.05, 0.1) is 19.1 Å². The average Bonchev–Trinajstić information content (AvgIpc) is 2.62. The predicted molar refractivity (Wildman–Crippen MR) is 71.7 cm³/mol. The van der Waals surface area contributed by atoms with Crippen LogP contribution in [0.1, 0.15) is 11.3 Å². The highest BCUT2D eigenvalue weighted by molar-refractivity contribution is 14.1. The minimum Gasteiger partial charge on any atom is -0.497 e. The highest BCUT2D eigenvalue weighted by Gasteiger charge is 2.06. The van der Waals surface area contributed by atoms with E-state index in [2.05, 4.69) is 44.3 Å². The van der Waals surface area contributed by atoms with Crippen LogP contribution >= 0.6 is 22.6 Å². The summed E-state index contributed by atoms with van der Waals surface area (Å²) in [6, 6.07) is 8.14. The maximum Gasteiger partial charge on any atom is 0.122 e. The maximum absolute atomic E-state index is 5.13. The first-order valence-electron chi connectivity index (χ1n) is 4.99. The number of aromatic nitrogens is 2. The molecule has 0 saturated heterocycles. The SMILES string of the molecule is COc1ccc(Cc2c(I)ncn2C)cc1. The molecule has 0 aliphatic rings. The summed E-state index contributed by atoms with van der Waals surface area (Å²) >= 11 is 2.27. The first kappa shape index (κ1) is 11.4. The fourth-order valence-corrected chi connectivity index (χ4v) is 2.26. The summed E-state index contributed by atoms with van der Waals surface area (Å²) in [6.07, 6.45) is 2.75. The zero-order chi connectivity index (χ0) is 11.5. The Morgan fingerprint density at radius 1 is 1.31 bits per heavy atom. The zero-order valence-electron chi connectivity index (χ0n) is 9.27. The molecule has 4 heteroatoms. The van der Waals surface area contributed by atoms with Crippen molar-refractivity contribution in [3.05, 3.63) is 45.6 Å². The van der Waals surface area contributed by atoms with Crippen LogP contribution in [-0.4, -0.2) is 16.7 Å². The Morgan fingerprint density at radius 2 is 2.00 bits per heavy atom. The Morgan fingerprint density at radius 3 is 2.50 bits per heavy atom. The number of ether oxygens (including phenoxy) is 1. The van der Waals surface area contributed by atoms with E-state index in [4.69, 9.17) is 4.74 Å². The summed E-state index contributed by atoms with van der Waals surface area (Å²) in [6.45, 7) is 0. The van der Waals surface area contributed by atoms with Crippen LogP contribution in [0.15, 0.2) is 30.6 Å². The Hall–Kier alpha value is -1.04. The van der Waals surface area contributed by atoms with Crippen LogP contribution in [0.25, 0.3) is 0 Å². The summed E-state index contributed by atoms with van der Waals surface area (Å²) < 4.78 is 8.26. The van der Waals surface area contributed by atoms with E-state index in [9.17, 15) is 0 Å². The van der Waals surface area contributed by atoms with Gasteiger partial charge in [0.25, 0.3) is 0 Å². The molecule has 0 atom stereocenters. The smallest absolute Gasteiger partial charge is 0.122 e. The van der Waals surface area contributed by atoms with E-state index in [1.54, 1.807) is 7.11 Å². The van der Waals surface area contributed by atoms with Crippen molar-refractivity contribution in [3.63, 3.8) is 0 Å². The van der Waals surface area contributed by atoms with E-state index in [0.717, 1.165) is 15.9 Å². The van der Waals surface area contributed by atoms with Crippen molar-refractivity contribution in [2.24, 2.45) is 7.05 Å². The third kappa shape index (κ3) is 2.37. The monoisotopic (exact) mass is 328 g/mol. The molecule has 2 aromatic rings. The van der Waals surface area contributed by atoms with Crippen molar-refractivity contribution in [3.8, 4) is 5.75 Å². The zero-order valence-corrected chi connectivity index (χ0v) is 11.4. The molecule has 1 aromatic heterocycles. The quantitative estimate of drug-likeness (QED) is 0.810. The molecule has 2 rings (SSSR count). The Balaban J connectivity index is 2.20. The molecule has 1 aromatic carbocycles. The van der Waals surface area contributed by atoms with Crippen LogP contribution in [0.2, 0.25) is 0 Å². The van der Waals surface area contributed by atoms with Gasteiger partial charge in [0.2, 0.25) is 0 Å². The molecule has 0 bridgehead atoms. The fourth-order valence-electron chi connectivity index (χ4n) is 1.56. The molecule has 0 fully saturated rings. The Bertz CT molecular complexity index is 457. The molecule has 3 nitrogen and oxygen atoms in total. The fraction of sp³-hybridized carbons (Fsp3) is 0.250. The van der Waals surface area contributed by atoms with Crippen molar-refractivity contribution < 1.29 is 4.74 Å². The number of methoxy groups -OCH3 is 1. The van der Waals surface area contributed by atoms with E-state index in [1.165, 1.54) is 11.3 Å². The normalized spacial score (nSPS) is 10.4. The number of aryl methyl sites for hydroxylation is 1. The summed E-state index contributed by atoms with van der Waals surface area (Å²) in [5.74, 6) is 0.892. The Kier molecular flexibility index (Phi) is 3.48. The van der Waals surface area contributed by atoms with Crippen molar-refractivity contribution in [2.45, 2.75) is 6.42 Å². The maximum atomic E-state index is 5.13. The van der Waals surface area contributed by atoms with Gasteiger partial charge in [-0.2, -0.15) is 0 Å². The van der Waals surface area contributed by atoms with E-state index in [1.807, 2.05) is 25.5 Å². The van der Waals surface area contributed by atoms with Gasteiger partial charge in [0.15, 0.2) is 0 Å². The lowest BCUT2D eigenvalue weighted by molar-refractivity contribution is 0.414. The molecule has 0 aliphatic heterocycles. The van der Waals surface area contributed by atoms with Gasteiger partial charge >= 0.3 is 0 Å². The van der Waals surface area contributed by atoms with Crippen LogP contribution in [0.5, 0.6) is 5.75 Å². The van der Waals surface area contributed by atoms with Gasteiger partial charge in [-0.15, -0.1) is 0 Å². The third-order valence-corrected chi connectivity index (χ3v) is 3.44. The third-order valence-electron chi connectivity index (χ3n) is 2.54. The van der Waals surface area contributed by atoms with Crippen molar-refractivity contribution in [1.29, 1.82) is 0 Å². The molecule has 0 unspecified atom stereocenters. The highest BCUT2D eigenvalue weighted by Crippen LogP contribution is 2.17. The van der Waals surface area contributed by atoms with Crippen molar-refractivity contribution in [2.75, 3.05) is 7.11 Å². The standard InChI is InChI=1S/C12H13IN2O/c1-15-8-14-12(13)11(15)7-9-3-5-10(16-2)6-4-9/h3-6,8H,7H2,1-2H3. The molecular formula is C12H13IN2O. The van der Waals surface area contributed by atoms with E-state index >= 15 is 0 Å². The molecular weight excluding hydrogens is 315 g/mol. The van der Waals surface area contributed by atoms with E-state index < -0.39 is 0 Å². The molecule has 0 saturated carbocycles. The summed E-state index contributed by atoms with van der Waals surface area (Å²) in [5.41, 5.74) is 2.51. The van der Waals surface area contributed by atoms with Crippen LogP contribution < -0.4 is 4.74 Å². The second kappa shape index (κ2) is 4.86. The molecule has 84 valence electrons. The van der Waals surface area contributed by atoms with Crippen LogP contribution in [0, 0.1) is 3.70 Å². The second-order valence-corrected chi connectivity index (χ2v) is 4.64. The molecule has 0 aliphatic carbocycles. The minimum atomic E-state index is 0.892. The van der Waals surface area contributed by atoms with Crippen molar-refractivity contribution in [1.82, 2.24) is 9.55 Å². The number of imidazole rings is 1. The van der Waals surface area contributed by atoms with Gasteiger partial charge in [0.1, 0.15) is 9.45 Å². The number of benzene rings is 1. The molecule has 0 spiro atoms. The van der Waals surface area contributed by atoms with Gasteiger partial charge in [0, 0.05) is 13.5 Å². The predicted octanol–water partition coefficient (Wildman–Crippen LogP) is 2.62. The number of rotatable bonds is 3. The average molecular weight is 328 g/mol. The van der Waals surface area contributed by atoms with Crippen LogP contribution in [0.4, 0.5) is 0 Å². The van der Waals surface area contributed by atoms with Gasteiger partial charge < -0.3 is 9.30 Å². The van der Waals surface area contributed by atoms with Crippen LogP contribution in [0.3, 0.4) is 0 Å². The molecule has 0 N–H and O–H groups in total. The largest absolute Gasteiger partial charge is 0.497 e.